The van der Waals surface area contributed by atoms with Crippen molar-refractivity contribution in [3.05, 3.63) is 60.1 Å². The van der Waals surface area contributed by atoms with E-state index in [1.807, 2.05) is 56.3 Å². The predicted molar refractivity (Wildman–Crippen MR) is 127 cm³/mol. The molecule has 0 atom stereocenters. The van der Waals surface area contributed by atoms with E-state index in [0.717, 1.165) is 50.6 Å². The van der Waals surface area contributed by atoms with E-state index in [4.69, 9.17) is 9.15 Å². The minimum atomic E-state index is -0.0706. The zero-order valence-electron chi connectivity index (χ0n) is 19.9. The van der Waals surface area contributed by atoms with Crippen LogP contribution in [0.15, 0.2) is 53.1 Å². The molecule has 0 aliphatic carbocycles. The molecule has 1 aromatic heterocycles. The second-order valence-electron chi connectivity index (χ2n) is 9.04. The lowest BCUT2D eigenvalue weighted by atomic mass is 10.1. The Morgan fingerprint density at radius 3 is 2.39 bits per heavy atom. The fourth-order valence-corrected chi connectivity index (χ4v) is 3.97. The molecule has 1 saturated heterocycles. The number of carbonyl (C=O) groups is 2. The third kappa shape index (κ3) is 8.67. The molecule has 180 valence electrons. The molecule has 3 rings (SSSR count). The van der Waals surface area contributed by atoms with Crippen LogP contribution in [-0.2, 0) is 27.4 Å². The second-order valence-corrected chi connectivity index (χ2v) is 9.04. The van der Waals surface area contributed by atoms with Crippen LogP contribution in [0.3, 0.4) is 0 Å². The molecular formula is C26H37N3O4. The number of rotatable bonds is 12. The van der Waals surface area contributed by atoms with Crippen molar-refractivity contribution >= 4 is 11.8 Å². The molecule has 2 amide bonds. The smallest absolute Gasteiger partial charge is 0.242 e. The van der Waals surface area contributed by atoms with Gasteiger partial charge in [0.25, 0.3) is 0 Å². The van der Waals surface area contributed by atoms with E-state index >= 15 is 0 Å². The maximum Gasteiger partial charge on any atom is 0.242 e. The summed E-state index contributed by atoms with van der Waals surface area (Å²) in [4.78, 5) is 32.2. The number of amides is 2. The summed E-state index contributed by atoms with van der Waals surface area (Å²) < 4.78 is 10.9. The summed E-state index contributed by atoms with van der Waals surface area (Å²) in [6, 6.07) is 13.6. The average Bonchev–Trinajstić information content (AvgIpc) is 3.32. The Labute approximate surface area is 197 Å². The molecule has 1 aromatic carbocycles. The number of morpholine rings is 1. The molecule has 0 saturated carbocycles. The summed E-state index contributed by atoms with van der Waals surface area (Å²) >= 11 is 0. The van der Waals surface area contributed by atoms with Crippen LogP contribution in [0, 0.1) is 5.92 Å². The molecule has 2 heterocycles. The average molecular weight is 456 g/mol. The first-order valence-corrected chi connectivity index (χ1v) is 11.9. The van der Waals surface area contributed by atoms with E-state index in [1.165, 1.54) is 0 Å². The van der Waals surface area contributed by atoms with E-state index < -0.39 is 0 Å². The Balaban J connectivity index is 1.65. The van der Waals surface area contributed by atoms with Crippen molar-refractivity contribution in [1.29, 1.82) is 0 Å². The van der Waals surface area contributed by atoms with Gasteiger partial charge in [-0.1, -0.05) is 44.2 Å². The number of benzene rings is 1. The summed E-state index contributed by atoms with van der Waals surface area (Å²) in [5, 5.41) is 0. The molecule has 0 spiro atoms. The van der Waals surface area contributed by atoms with Gasteiger partial charge in [0, 0.05) is 39.1 Å². The van der Waals surface area contributed by atoms with Crippen LogP contribution >= 0.6 is 0 Å². The number of ether oxygens (including phenoxy) is 1. The Bertz CT molecular complexity index is 832. The molecule has 1 fully saturated rings. The van der Waals surface area contributed by atoms with Gasteiger partial charge >= 0.3 is 0 Å². The van der Waals surface area contributed by atoms with E-state index in [0.29, 0.717) is 26.1 Å². The zero-order valence-corrected chi connectivity index (χ0v) is 19.9. The van der Waals surface area contributed by atoms with Gasteiger partial charge in [0.15, 0.2) is 0 Å². The van der Waals surface area contributed by atoms with Crippen LogP contribution in [0.4, 0.5) is 0 Å². The second kappa shape index (κ2) is 13.2. The Morgan fingerprint density at radius 2 is 1.73 bits per heavy atom. The van der Waals surface area contributed by atoms with Crippen molar-refractivity contribution in [2.24, 2.45) is 5.92 Å². The highest BCUT2D eigenvalue weighted by atomic mass is 16.5. The van der Waals surface area contributed by atoms with Crippen LogP contribution in [-0.4, -0.2) is 72.5 Å². The lowest BCUT2D eigenvalue weighted by Gasteiger charge is -2.30. The molecule has 0 N–H and O–H groups in total. The van der Waals surface area contributed by atoms with Crippen molar-refractivity contribution in [3.8, 4) is 0 Å². The van der Waals surface area contributed by atoms with Gasteiger partial charge < -0.3 is 19.0 Å². The number of hydrogen-bond acceptors (Lipinski definition) is 5. The van der Waals surface area contributed by atoms with E-state index in [2.05, 4.69) is 4.90 Å². The normalized spacial score (nSPS) is 14.4. The van der Waals surface area contributed by atoms with Crippen molar-refractivity contribution in [2.45, 2.75) is 39.8 Å². The highest BCUT2D eigenvalue weighted by Crippen LogP contribution is 2.13. The van der Waals surface area contributed by atoms with Gasteiger partial charge in [-0.05, 0) is 30.0 Å². The highest BCUT2D eigenvalue weighted by molar-refractivity contribution is 5.85. The van der Waals surface area contributed by atoms with Crippen LogP contribution in [0.1, 0.15) is 38.0 Å². The highest BCUT2D eigenvalue weighted by Gasteiger charge is 2.23. The van der Waals surface area contributed by atoms with Crippen LogP contribution < -0.4 is 0 Å². The van der Waals surface area contributed by atoms with Crippen molar-refractivity contribution in [1.82, 2.24) is 14.7 Å². The molecule has 7 heteroatoms. The fourth-order valence-electron chi connectivity index (χ4n) is 3.97. The van der Waals surface area contributed by atoms with Gasteiger partial charge in [-0.2, -0.15) is 0 Å². The molecule has 0 unspecified atom stereocenters. The molecule has 1 aliphatic rings. The molecule has 1 aliphatic heterocycles. The summed E-state index contributed by atoms with van der Waals surface area (Å²) in [5.41, 5.74) is 1.05. The third-order valence-electron chi connectivity index (χ3n) is 5.76. The maximum atomic E-state index is 13.4. The van der Waals surface area contributed by atoms with E-state index in [1.54, 1.807) is 16.1 Å². The monoisotopic (exact) mass is 455 g/mol. The number of hydrogen-bond donors (Lipinski definition) is 0. The summed E-state index contributed by atoms with van der Waals surface area (Å²) in [6.07, 6.45) is 2.90. The first-order chi connectivity index (χ1) is 16.0. The predicted octanol–water partition coefficient (Wildman–Crippen LogP) is 3.41. The Kier molecular flexibility index (Phi) is 9.97. The number of nitrogens with zero attached hydrogens (tertiary/aromatic N) is 3. The van der Waals surface area contributed by atoms with Crippen LogP contribution in [0.25, 0.3) is 0 Å². The van der Waals surface area contributed by atoms with E-state index in [-0.39, 0.29) is 24.3 Å². The first-order valence-electron chi connectivity index (χ1n) is 11.9. The van der Waals surface area contributed by atoms with Gasteiger partial charge in [0.2, 0.25) is 11.8 Å². The number of furan rings is 1. The molecule has 7 nitrogen and oxygen atoms in total. The lowest BCUT2D eigenvalue weighted by molar-refractivity contribution is -0.142. The standard InChI is InChI=1S/C26H37N3O4/c1-22(2)18-25(30)28(12-7-11-27-13-16-32-17-14-27)21-26(31)29(20-24-10-6-15-33-24)19-23-8-4-3-5-9-23/h3-6,8-10,15,22H,7,11-14,16-21H2,1-2H3. The molecule has 0 bridgehead atoms. The van der Waals surface area contributed by atoms with Gasteiger partial charge in [-0.25, -0.2) is 0 Å². The zero-order chi connectivity index (χ0) is 23.5. The van der Waals surface area contributed by atoms with Crippen LogP contribution in [0.2, 0.25) is 0 Å². The summed E-state index contributed by atoms with van der Waals surface area (Å²) in [5.74, 6) is 0.946. The maximum absolute atomic E-state index is 13.4. The largest absolute Gasteiger partial charge is 0.467 e. The summed E-state index contributed by atoms with van der Waals surface area (Å²) in [7, 11) is 0. The first kappa shape index (κ1) is 25.0. The van der Waals surface area contributed by atoms with Gasteiger partial charge in [0.05, 0.1) is 32.6 Å². The van der Waals surface area contributed by atoms with E-state index in [9.17, 15) is 9.59 Å². The van der Waals surface area contributed by atoms with Gasteiger partial charge in [0.1, 0.15) is 5.76 Å². The Hall–Kier alpha value is -2.64. The minimum Gasteiger partial charge on any atom is -0.467 e. The topological polar surface area (TPSA) is 66.2 Å². The Morgan fingerprint density at radius 1 is 0.970 bits per heavy atom. The quantitative estimate of drug-likeness (QED) is 0.491. The lowest BCUT2D eigenvalue weighted by Crippen LogP contribution is -2.44. The van der Waals surface area contributed by atoms with Gasteiger partial charge in [-0.15, -0.1) is 0 Å². The van der Waals surface area contributed by atoms with Crippen molar-refractivity contribution in [3.63, 3.8) is 0 Å². The van der Waals surface area contributed by atoms with Crippen molar-refractivity contribution < 1.29 is 18.7 Å². The SMILES string of the molecule is CC(C)CC(=O)N(CCCN1CCOCC1)CC(=O)N(Cc1ccccc1)Cc1ccco1. The molecule has 2 aromatic rings. The summed E-state index contributed by atoms with van der Waals surface area (Å²) in [6.45, 7) is 9.85. The van der Waals surface area contributed by atoms with Crippen LogP contribution in [0.5, 0.6) is 0 Å². The minimum absolute atomic E-state index is 0.0398. The molecule has 0 radical (unpaired) electrons. The van der Waals surface area contributed by atoms with Crippen molar-refractivity contribution in [2.75, 3.05) is 45.9 Å². The fraction of sp³-hybridized carbons (Fsp3) is 0.538. The third-order valence-corrected chi connectivity index (χ3v) is 5.76. The molecular weight excluding hydrogens is 418 g/mol. The van der Waals surface area contributed by atoms with Gasteiger partial charge in [-0.3, -0.25) is 14.5 Å². The number of carbonyl (C=O) groups excluding carboxylic acids is 2. The molecule has 33 heavy (non-hydrogen) atoms.